The van der Waals surface area contributed by atoms with Crippen molar-refractivity contribution < 1.29 is 9.84 Å². The van der Waals surface area contributed by atoms with Crippen molar-refractivity contribution >= 4 is 0 Å². The third-order valence-corrected chi connectivity index (χ3v) is 5.30. The first kappa shape index (κ1) is 18.7. The highest BCUT2D eigenvalue weighted by Crippen LogP contribution is 2.29. The van der Waals surface area contributed by atoms with Crippen LogP contribution < -0.4 is 4.74 Å². The predicted octanol–water partition coefficient (Wildman–Crippen LogP) is 4.12. The second-order valence-corrected chi connectivity index (χ2v) is 7.29. The third kappa shape index (κ3) is 4.24. The molecule has 28 heavy (non-hydrogen) atoms. The molecule has 0 unspecified atom stereocenters. The van der Waals surface area contributed by atoms with Crippen LogP contribution in [0, 0.1) is 0 Å². The Morgan fingerprint density at radius 2 is 1.89 bits per heavy atom. The number of aromatic nitrogens is 1. The highest BCUT2D eigenvalue weighted by molar-refractivity contribution is 5.41. The first-order valence-corrected chi connectivity index (χ1v) is 9.86. The lowest BCUT2D eigenvalue weighted by Crippen LogP contribution is -2.25. The van der Waals surface area contributed by atoms with E-state index in [1.165, 1.54) is 11.1 Å². The number of hydrogen-bond acceptors (Lipinski definition) is 4. The van der Waals surface area contributed by atoms with Gasteiger partial charge in [0.2, 0.25) is 0 Å². The van der Waals surface area contributed by atoms with Gasteiger partial charge in [0.15, 0.2) is 0 Å². The van der Waals surface area contributed by atoms with Gasteiger partial charge in [0.1, 0.15) is 18.5 Å². The highest BCUT2D eigenvalue weighted by Gasteiger charge is 2.18. The van der Waals surface area contributed by atoms with Gasteiger partial charge in [-0.15, -0.1) is 0 Å². The van der Waals surface area contributed by atoms with Crippen molar-refractivity contribution in [2.24, 2.45) is 0 Å². The molecule has 0 radical (unpaired) electrons. The van der Waals surface area contributed by atoms with E-state index in [1.54, 1.807) is 12.4 Å². The van der Waals surface area contributed by atoms with Gasteiger partial charge in [-0.2, -0.15) is 0 Å². The molecule has 0 saturated carbocycles. The monoisotopic (exact) mass is 374 g/mol. The van der Waals surface area contributed by atoms with Crippen molar-refractivity contribution in [2.45, 2.75) is 32.5 Å². The molecule has 1 aromatic heterocycles. The lowest BCUT2D eigenvalue weighted by atomic mass is 10.00. The van der Waals surface area contributed by atoms with Crippen LogP contribution in [0.1, 0.15) is 40.8 Å². The van der Waals surface area contributed by atoms with E-state index in [-0.39, 0.29) is 0 Å². The number of pyridine rings is 1. The van der Waals surface area contributed by atoms with Crippen LogP contribution in [0.15, 0.2) is 67.0 Å². The molecule has 1 N–H and O–H groups in total. The van der Waals surface area contributed by atoms with Crippen molar-refractivity contribution in [2.75, 3.05) is 13.2 Å². The normalized spacial score (nSPS) is 15.4. The van der Waals surface area contributed by atoms with Crippen molar-refractivity contribution in [3.05, 3.63) is 94.8 Å². The summed E-state index contributed by atoms with van der Waals surface area (Å²) in [5, 5.41) is 10.7. The number of rotatable bonds is 5. The highest BCUT2D eigenvalue weighted by atomic mass is 16.5. The van der Waals surface area contributed by atoms with Crippen LogP contribution >= 0.6 is 0 Å². The van der Waals surface area contributed by atoms with Crippen LogP contribution in [0.25, 0.3) is 0 Å². The van der Waals surface area contributed by atoms with Gasteiger partial charge in [-0.25, -0.2) is 0 Å². The molecular weight excluding hydrogens is 348 g/mol. The zero-order valence-electron chi connectivity index (χ0n) is 16.2. The zero-order valence-corrected chi connectivity index (χ0v) is 16.2. The topological polar surface area (TPSA) is 45.6 Å². The molecule has 0 saturated heterocycles. The number of nitrogens with zero attached hydrogens (tertiary/aromatic N) is 2. The molecular formula is C24H26N2O2. The molecule has 4 rings (SSSR count). The number of aryl methyl sites for hydroxylation is 1. The summed E-state index contributed by atoms with van der Waals surface area (Å²) < 4.78 is 5.96. The Labute approximate surface area is 166 Å². The Morgan fingerprint density at radius 1 is 1.07 bits per heavy atom. The van der Waals surface area contributed by atoms with Crippen LogP contribution in [0.5, 0.6) is 5.75 Å². The molecule has 4 heteroatoms. The lowest BCUT2D eigenvalue weighted by Gasteiger charge is -2.20. The minimum atomic E-state index is -0.683. The predicted molar refractivity (Wildman–Crippen MR) is 110 cm³/mol. The largest absolute Gasteiger partial charge is 0.492 e. The van der Waals surface area contributed by atoms with Crippen LogP contribution in [0.2, 0.25) is 0 Å². The molecule has 0 amide bonds. The minimum Gasteiger partial charge on any atom is -0.492 e. The molecule has 2 aromatic carbocycles. The maximum absolute atomic E-state index is 10.7. The minimum absolute atomic E-state index is 0.671. The lowest BCUT2D eigenvalue weighted by molar-refractivity contribution is 0.218. The van der Waals surface area contributed by atoms with Gasteiger partial charge in [0.25, 0.3) is 0 Å². The van der Waals surface area contributed by atoms with Gasteiger partial charge >= 0.3 is 0 Å². The summed E-state index contributed by atoms with van der Waals surface area (Å²) in [6.07, 6.45) is 3.80. The number of hydrogen-bond donors (Lipinski definition) is 1. The van der Waals surface area contributed by atoms with Crippen LogP contribution in [-0.2, 0) is 19.5 Å². The van der Waals surface area contributed by atoms with Gasteiger partial charge in [0, 0.05) is 43.2 Å². The maximum atomic E-state index is 10.7. The summed E-state index contributed by atoms with van der Waals surface area (Å²) in [5.41, 5.74) is 5.45. The summed E-state index contributed by atoms with van der Waals surface area (Å²) in [7, 11) is 0. The van der Waals surface area contributed by atoms with Crippen LogP contribution in [-0.4, -0.2) is 28.1 Å². The second kappa shape index (κ2) is 8.55. The Morgan fingerprint density at radius 3 is 2.64 bits per heavy atom. The van der Waals surface area contributed by atoms with Gasteiger partial charge in [-0.05, 0) is 41.3 Å². The van der Waals surface area contributed by atoms with E-state index in [2.05, 4.69) is 47.1 Å². The quantitative estimate of drug-likeness (QED) is 0.730. The van der Waals surface area contributed by atoms with Gasteiger partial charge in [0.05, 0.1) is 0 Å². The molecule has 1 aliphatic rings. The van der Waals surface area contributed by atoms with Gasteiger partial charge < -0.3 is 9.84 Å². The summed E-state index contributed by atoms with van der Waals surface area (Å²) in [5.74, 6) is 0.908. The summed E-state index contributed by atoms with van der Waals surface area (Å²) in [6, 6.07) is 18.6. The molecule has 0 aliphatic carbocycles. The molecule has 0 fully saturated rings. The fourth-order valence-electron chi connectivity index (χ4n) is 3.64. The third-order valence-electron chi connectivity index (χ3n) is 5.30. The molecule has 1 atom stereocenters. The molecule has 3 aromatic rings. The van der Waals surface area contributed by atoms with Crippen LogP contribution in [0.3, 0.4) is 0 Å². The molecule has 0 bridgehead atoms. The summed E-state index contributed by atoms with van der Waals surface area (Å²) in [6.45, 7) is 5.42. The Balaban J connectivity index is 1.52. The molecule has 0 spiro atoms. The molecule has 144 valence electrons. The van der Waals surface area contributed by atoms with E-state index >= 15 is 0 Å². The van der Waals surface area contributed by atoms with E-state index < -0.39 is 6.10 Å². The number of aliphatic hydroxyl groups excluding tert-OH is 1. The van der Waals surface area contributed by atoms with Gasteiger partial charge in [-0.3, -0.25) is 9.88 Å². The van der Waals surface area contributed by atoms with Crippen molar-refractivity contribution in [1.82, 2.24) is 9.88 Å². The van der Waals surface area contributed by atoms with Gasteiger partial charge in [-0.1, -0.05) is 43.3 Å². The average molecular weight is 374 g/mol. The molecule has 2 heterocycles. The van der Waals surface area contributed by atoms with E-state index in [0.717, 1.165) is 48.5 Å². The first-order valence-electron chi connectivity index (χ1n) is 9.86. The molecule has 1 aliphatic heterocycles. The smallest absolute Gasteiger partial charge is 0.123 e. The van der Waals surface area contributed by atoms with Crippen LogP contribution in [0.4, 0.5) is 0 Å². The number of aliphatic hydroxyl groups is 1. The van der Waals surface area contributed by atoms with E-state index in [0.29, 0.717) is 6.61 Å². The zero-order chi connectivity index (χ0) is 19.3. The molecule has 4 nitrogen and oxygen atoms in total. The Kier molecular flexibility index (Phi) is 5.70. The Bertz CT molecular complexity index is 910. The number of benzene rings is 2. The SMILES string of the molecule is CCc1ccc(CN2CCOc3ccc([C@H](O)c4cccnc4)cc3C2)cc1. The number of ether oxygens (including phenoxy) is 1. The summed E-state index contributed by atoms with van der Waals surface area (Å²) >= 11 is 0. The van der Waals surface area contributed by atoms with Crippen molar-refractivity contribution in [1.29, 1.82) is 0 Å². The van der Waals surface area contributed by atoms with E-state index in [9.17, 15) is 5.11 Å². The van der Waals surface area contributed by atoms with Crippen molar-refractivity contribution in [3.8, 4) is 5.75 Å². The first-order chi connectivity index (χ1) is 13.7. The van der Waals surface area contributed by atoms with E-state index in [1.807, 2.05) is 24.3 Å². The fourth-order valence-corrected chi connectivity index (χ4v) is 3.64. The Hall–Kier alpha value is -2.69. The average Bonchev–Trinajstić information content (AvgIpc) is 2.95. The number of fused-ring (bicyclic) bond motifs is 1. The summed E-state index contributed by atoms with van der Waals surface area (Å²) in [4.78, 5) is 6.51. The second-order valence-electron chi connectivity index (χ2n) is 7.29. The van der Waals surface area contributed by atoms with Crippen molar-refractivity contribution in [3.63, 3.8) is 0 Å². The maximum Gasteiger partial charge on any atom is 0.123 e. The van der Waals surface area contributed by atoms with E-state index in [4.69, 9.17) is 4.74 Å². The standard InChI is InChI=1S/C24H26N2O2/c1-2-18-5-7-19(8-6-18)16-26-12-13-28-23-10-9-20(14-22(23)17-26)24(27)21-4-3-11-25-15-21/h3-11,14-15,24,27H,2,12-13,16-17H2,1H3/t24-/m0/s1. The fraction of sp³-hybridized carbons (Fsp3) is 0.292.